The minimum atomic E-state index is 0.407. The van der Waals surface area contributed by atoms with Crippen LogP contribution in [0, 0.1) is 5.41 Å². The summed E-state index contributed by atoms with van der Waals surface area (Å²) in [5.74, 6) is 0.853. The summed E-state index contributed by atoms with van der Waals surface area (Å²) < 4.78 is 5.31. The zero-order valence-electron chi connectivity index (χ0n) is 11.8. The third kappa shape index (κ3) is 5.28. The molecular weight excluding hydrogens is 246 g/mol. The predicted molar refractivity (Wildman–Crippen MR) is 78.4 cm³/mol. The summed E-state index contributed by atoms with van der Waals surface area (Å²) >= 11 is 6.17. The molecule has 18 heavy (non-hydrogen) atoms. The van der Waals surface area contributed by atoms with Gasteiger partial charge < -0.3 is 10.1 Å². The van der Waals surface area contributed by atoms with Gasteiger partial charge in [0.1, 0.15) is 5.75 Å². The number of hydrogen-bond donors (Lipinski definition) is 1. The summed E-state index contributed by atoms with van der Waals surface area (Å²) in [5, 5.41) is 4.19. The molecule has 0 saturated heterocycles. The normalized spacial score (nSPS) is 11.6. The molecule has 1 rings (SSSR count). The Labute approximate surface area is 116 Å². The van der Waals surface area contributed by atoms with E-state index in [1.54, 1.807) is 7.11 Å². The van der Waals surface area contributed by atoms with Gasteiger partial charge in [0, 0.05) is 17.1 Å². The first-order valence-corrected chi connectivity index (χ1v) is 6.84. The Kier molecular flexibility index (Phi) is 5.97. The van der Waals surface area contributed by atoms with E-state index in [4.69, 9.17) is 16.3 Å². The molecule has 0 aliphatic carbocycles. The molecule has 0 aromatic heterocycles. The van der Waals surface area contributed by atoms with Crippen molar-refractivity contribution in [2.75, 3.05) is 13.7 Å². The van der Waals surface area contributed by atoms with E-state index >= 15 is 0 Å². The Morgan fingerprint density at radius 2 is 2.00 bits per heavy atom. The quantitative estimate of drug-likeness (QED) is 0.779. The van der Waals surface area contributed by atoms with Gasteiger partial charge >= 0.3 is 0 Å². The van der Waals surface area contributed by atoms with Crippen LogP contribution in [0.15, 0.2) is 18.2 Å². The van der Waals surface area contributed by atoms with Gasteiger partial charge in [-0.3, -0.25) is 0 Å². The van der Waals surface area contributed by atoms with Gasteiger partial charge in [-0.05, 0) is 36.9 Å². The highest BCUT2D eigenvalue weighted by molar-refractivity contribution is 6.31. The minimum absolute atomic E-state index is 0.407. The van der Waals surface area contributed by atoms with Crippen LogP contribution in [0.5, 0.6) is 5.75 Å². The second-order valence-corrected chi connectivity index (χ2v) is 6.17. The standard InChI is InChI=1S/C15H24ClNO/c1-15(2,3)9-6-10-17-11-12-13(16)7-5-8-14(12)18-4/h5,7-8,17H,6,9-11H2,1-4H3. The Balaban J connectivity index is 2.40. The average Bonchev–Trinajstić information content (AvgIpc) is 2.29. The molecule has 0 saturated carbocycles. The molecule has 3 heteroatoms. The Bertz CT molecular complexity index is 371. The van der Waals surface area contributed by atoms with Gasteiger partial charge in [0.25, 0.3) is 0 Å². The number of ether oxygens (including phenoxy) is 1. The first kappa shape index (κ1) is 15.3. The second-order valence-electron chi connectivity index (χ2n) is 5.76. The van der Waals surface area contributed by atoms with Crippen LogP contribution in [0.4, 0.5) is 0 Å². The van der Waals surface area contributed by atoms with Gasteiger partial charge in [0.05, 0.1) is 7.11 Å². The van der Waals surface area contributed by atoms with Crippen LogP contribution in [0.2, 0.25) is 5.02 Å². The van der Waals surface area contributed by atoms with Crippen LogP contribution in [0.1, 0.15) is 39.2 Å². The smallest absolute Gasteiger partial charge is 0.124 e. The molecule has 0 fully saturated rings. The fraction of sp³-hybridized carbons (Fsp3) is 0.600. The average molecular weight is 270 g/mol. The molecule has 0 spiro atoms. The highest BCUT2D eigenvalue weighted by Crippen LogP contribution is 2.26. The van der Waals surface area contributed by atoms with Crippen LogP contribution in [0.3, 0.4) is 0 Å². The summed E-state index contributed by atoms with van der Waals surface area (Å²) in [5.41, 5.74) is 1.45. The van der Waals surface area contributed by atoms with E-state index in [-0.39, 0.29) is 0 Å². The van der Waals surface area contributed by atoms with Gasteiger partial charge in [0.2, 0.25) is 0 Å². The third-order valence-corrected chi connectivity index (χ3v) is 3.23. The highest BCUT2D eigenvalue weighted by Gasteiger charge is 2.10. The summed E-state index contributed by atoms with van der Waals surface area (Å²) in [6.45, 7) is 8.57. The Morgan fingerprint density at radius 3 is 2.61 bits per heavy atom. The molecule has 1 aromatic rings. The molecule has 0 aliphatic rings. The van der Waals surface area contributed by atoms with E-state index in [1.165, 1.54) is 12.8 Å². The number of methoxy groups -OCH3 is 1. The van der Waals surface area contributed by atoms with Crippen LogP contribution >= 0.6 is 11.6 Å². The van der Waals surface area contributed by atoms with Crippen molar-refractivity contribution in [3.63, 3.8) is 0 Å². The SMILES string of the molecule is COc1cccc(Cl)c1CNCCCC(C)(C)C. The molecule has 0 amide bonds. The third-order valence-electron chi connectivity index (χ3n) is 2.88. The topological polar surface area (TPSA) is 21.3 Å². The fourth-order valence-electron chi connectivity index (χ4n) is 1.86. The first-order valence-electron chi connectivity index (χ1n) is 6.46. The summed E-state index contributed by atoms with van der Waals surface area (Å²) in [6.07, 6.45) is 2.40. The first-order chi connectivity index (χ1) is 8.44. The van der Waals surface area contributed by atoms with Crippen LogP contribution in [0.25, 0.3) is 0 Å². The lowest BCUT2D eigenvalue weighted by molar-refractivity contribution is 0.360. The van der Waals surface area contributed by atoms with E-state index in [9.17, 15) is 0 Å². The Hall–Kier alpha value is -0.730. The van der Waals surface area contributed by atoms with Gasteiger partial charge in [-0.2, -0.15) is 0 Å². The van der Waals surface area contributed by atoms with Crippen LogP contribution < -0.4 is 10.1 Å². The number of hydrogen-bond acceptors (Lipinski definition) is 2. The Morgan fingerprint density at radius 1 is 1.28 bits per heavy atom. The largest absolute Gasteiger partial charge is 0.496 e. The lowest BCUT2D eigenvalue weighted by Gasteiger charge is -2.18. The monoisotopic (exact) mass is 269 g/mol. The summed E-state index contributed by atoms with van der Waals surface area (Å²) in [7, 11) is 1.68. The molecule has 1 aromatic carbocycles. The molecule has 102 valence electrons. The summed E-state index contributed by atoms with van der Waals surface area (Å²) in [4.78, 5) is 0. The van der Waals surface area contributed by atoms with Gasteiger partial charge in [0.15, 0.2) is 0 Å². The van der Waals surface area contributed by atoms with Crippen molar-refractivity contribution in [3.8, 4) is 5.75 Å². The number of halogens is 1. The van der Waals surface area contributed by atoms with Crippen molar-refractivity contribution < 1.29 is 4.74 Å². The molecule has 0 radical (unpaired) electrons. The maximum atomic E-state index is 6.17. The molecular formula is C15H24ClNO. The van der Waals surface area contributed by atoms with Gasteiger partial charge in [-0.15, -0.1) is 0 Å². The van der Waals surface area contributed by atoms with E-state index in [2.05, 4.69) is 26.1 Å². The van der Waals surface area contributed by atoms with Crippen molar-refractivity contribution in [1.29, 1.82) is 0 Å². The second kappa shape index (κ2) is 7.01. The lowest BCUT2D eigenvalue weighted by Crippen LogP contribution is -2.17. The summed E-state index contributed by atoms with van der Waals surface area (Å²) in [6, 6.07) is 5.75. The van der Waals surface area contributed by atoms with Gasteiger partial charge in [-0.1, -0.05) is 38.4 Å². The molecule has 0 aliphatic heterocycles. The molecule has 2 nitrogen and oxygen atoms in total. The van der Waals surface area contributed by atoms with Crippen molar-refractivity contribution in [1.82, 2.24) is 5.32 Å². The van der Waals surface area contributed by atoms with E-state index < -0.39 is 0 Å². The number of nitrogens with one attached hydrogen (secondary N) is 1. The zero-order chi connectivity index (χ0) is 13.6. The van der Waals surface area contributed by atoms with Crippen LogP contribution in [-0.2, 0) is 6.54 Å². The van der Waals surface area contributed by atoms with Crippen molar-refractivity contribution in [2.24, 2.45) is 5.41 Å². The zero-order valence-corrected chi connectivity index (χ0v) is 12.6. The predicted octanol–water partition coefficient (Wildman–Crippen LogP) is 4.26. The highest BCUT2D eigenvalue weighted by atomic mass is 35.5. The van der Waals surface area contributed by atoms with Crippen molar-refractivity contribution in [2.45, 2.75) is 40.2 Å². The van der Waals surface area contributed by atoms with Crippen molar-refractivity contribution in [3.05, 3.63) is 28.8 Å². The van der Waals surface area contributed by atoms with E-state index in [0.717, 1.165) is 29.4 Å². The molecule has 0 unspecified atom stereocenters. The number of rotatable bonds is 6. The lowest BCUT2D eigenvalue weighted by atomic mass is 9.91. The minimum Gasteiger partial charge on any atom is -0.496 e. The van der Waals surface area contributed by atoms with E-state index in [0.29, 0.717) is 5.41 Å². The fourth-order valence-corrected chi connectivity index (χ4v) is 2.09. The maximum Gasteiger partial charge on any atom is 0.124 e. The molecule has 0 bridgehead atoms. The number of benzene rings is 1. The molecule has 0 atom stereocenters. The van der Waals surface area contributed by atoms with Crippen LogP contribution in [-0.4, -0.2) is 13.7 Å². The molecule has 1 N–H and O–H groups in total. The maximum absolute atomic E-state index is 6.17. The van der Waals surface area contributed by atoms with Gasteiger partial charge in [-0.25, -0.2) is 0 Å². The van der Waals surface area contributed by atoms with E-state index in [1.807, 2.05) is 18.2 Å². The van der Waals surface area contributed by atoms with Crippen molar-refractivity contribution >= 4 is 11.6 Å². The molecule has 0 heterocycles.